The van der Waals surface area contributed by atoms with Gasteiger partial charge in [0, 0.05) is 7.05 Å². The van der Waals surface area contributed by atoms with Crippen LogP contribution in [0.15, 0.2) is 17.6 Å². The van der Waals surface area contributed by atoms with Gasteiger partial charge in [-0.3, -0.25) is 9.48 Å². The zero-order valence-corrected chi connectivity index (χ0v) is 10.5. The summed E-state index contributed by atoms with van der Waals surface area (Å²) in [6, 6.07) is 1.96. The van der Waals surface area contributed by atoms with E-state index in [1.165, 1.54) is 17.5 Å². The number of rotatable bonds is 3. The van der Waals surface area contributed by atoms with Crippen LogP contribution in [0, 0.1) is 0 Å². The third kappa shape index (κ3) is 2.16. The lowest BCUT2D eigenvalue weighted by molar-refractivity contribution is 0.102. The first kappa shape index (κ1) is 11.7. The molecule has 0 spiro atoms. The Kier molecular flexibility index (Phi) is 3.14. The largest absolute Gasteiger partial charge is 0.394 e. The van der Waals surface area contributed by atoms with E-state index in [-0.39, 0.29) is 5.91 Å². The molecule has 0 fully saturated rings. The molecule has 3 N–H and O–H groups in total. The van der Waals surface area contributed by atoms with Crippen molar-refractivity contribution in [2.24, 2.45) is 7.05 Å². The van der Waals surface area contributed by atoms with Crippen LogP contribution in [0.5, 0.6) is 0 Å². The molecule has 0 unspecified atom stereocenters. The van der Waals surface area contributed by atoms with Crippen LogP contribution in [0.25, 0.3) is 0 Å². The SMILES string of the molecule is CCc1ccsc1C(=O)Nc1c(N)cnn1C. The molecule has 5 nitrogen and oxygen atoms in total. The van der Waals surface area contributed by atoms with Gasteiger partial charge in [-0.1, -0.05) is 6.92 Å². The maximum absolute atomic E-state index is 12.1. The number of aromatic nitrogens is 2. The van der Waals surface area contributed by atoms with E-state index in [1.807, 2.05) is 18.4 Å². The molecule has 2 aromatic heterocycles. The smallest absolute Gasteiger partial charge is 0.267 e. The molecule has 0 saturated carbocycles. The first-order valence-corrected chi connectivity index (χ1v) is 6.16. The number of aryl methyl sites for hydroxylation is 2. The number of nitrogens with zero attached hydrogens (tertiary/aromatic N) is 2. The summed E-state index contributed by atoms with van der Waals surface area (Å²) in [5, 5.41) is 8.67. The third-order valence-corrected chi connectivity index (χ3v) is 3.49. The zero-order valence-electron chi connectivity index (χ0n) is 9.73. The minimum Gasteiger partial charge on any atom is -0.394 e. The molecule has 0 aliphatic carbocycles. The topological polar surface area (TPSA) is 72.9 Å². The van der Waals surface area contributed by atoms with Crippen LogP contribution in [0.3, 0.4) is 0 Å². The van der Waals surface area contributed by atoms with Crippen molar-refractivity contribution in [3.8, 4) is 0 Å². The van der Waals surface area contributed by atoms with Crippen molar-refractivity contribution < 1.29 is 4.79 Å². The van der Waals surface area contributed by atoms with E-state index in [0.717, 1.165) is 16.9 Å². The van der Waals surface area contributed by atoms with E-state index in [0.29, 0.717) is 11.5 Å². The lowest BCUT2D eigenvalue weighted by Gasteiger charge is -2.06. The Morgan fingerprint density at radius 1 is 1.65 bits per heavy atom. The highest BCUT2D eigenvalue weighted by Gasteiger charge is 2.15. The van der Waals surface area contributed by atoms with Gasteiger partial charge in [-0.05, 0) is 23.4 Å². The molecule has 0 aliphatic heterocycles. The van der Waals surface area contributed by atoms with Gasteiger partial charge in [0.2, 0.25) is 0 Å². The van der Waals surface area contributed by atoms with Crippen LogP contribution in [0.4, 0.5) is 11.5 Å². The van der Waals surface area contributed by atoms with E-state index in [4.69, 9.17) is 5.73 Å². The van der Waals surface area contributed by atoms with Crippen LogP contribution in [-0.4, -0.2) is 15.7 Å². The summed E-state index contributed by atoms with van der Waals surface area (Å²) < 4.78 is 1.55. The van der Waals surface area contributed by atoms with Gasteiger partial charge in [-0.25, -0.2) is 0 Å². The van der Waals surface area contributed by atoms with Crippen LogP contribution in [-0.2, 0) is 13.5 Å². The number of hydrogen-bond acceptors (Lipinski definition) is 4. The second-order valence-electron chi connectivity index (χ2n) is 3.65. The van der Waals surface area contributed by atoms with Gasteiger partial charge < -0.3 is 11.1 Å². The molecule has 2 rings (SSSR count). The number of nitrogen functional groups attached to an aromatic ring is 1. The Morgan fingerprint density at radius 3 is 3.00 bits per heavy atom. The number of carbonyl (C=O) groups excluding carboxylic acids is 1. The Morgan fingerprint density at radius 2 is 2.41 bits per heavy atom. The third-order valence-electron chi connectivity index (χ3n) is 2.53. The molecule has 0 radical (unpaired) electrons. The summed E-state index contributed by atoms with van der Waals surface area (Å²) in [6.07, 6.45) is 2.36. The van der Waals surface area contributed by atoms with Gasteiger partial charge >= 0.3 is 0 Å². The standard InChI is InChI=1S/C11H14N4OS/c1-3-7-4-5-17-9(7)11(16)14-10-8(12)6-13-15(10)2/h4-6H,3,12H2,1-2H3,(H,14,16). The van der Waals surface area contributed by atoms with Crippen LogP contribution in [0.2, 0.25) is 0 Å². The van der Waals surface area contributed by atoms with Crippen molar-refractivity contribution in [1.29, 1.82) is 0 Å². The fourth-order valence-corrected chi connectivity index (χ4v) is 2.48. The Bertz CT molecular complexity index is 524. The summed E-state index contributed by atoms with van der Waals surface area (Å²) in [4.78, 5) is 12.8. The molecule has 0 atom stereocenters. The van der Waals surface area contributed by atoms with Gasteiger partial charge in [0.05, 0.1) is 16.8 Å². The van der Waals surface area contributed by atoms with E-state index in [1.54, 1.807) is 11.7 Å². The maximum Gasteiger partial charge on any atom is 0.267 e. The van der Waals surface area contributed by atoms with Crippen LogP contribution < -0.4 is 11.1 Å². The summed E-state index contributed by atoms with van der Waals surface area (Å²) >= 11 is 1.43. The van der Waals surface area contributed by atoms with Crippen molar-refractivity contribution in [2.75, 3.05) is 11.1 Å². The van der Waals surface area contributed by atoms with Crippen molar-refractivity contribution in [3.63, 3.8) is 0 Å². The average molecular weight is 250 g/mol. The van der Waals surface area contributed by atoms with E-state index < -0.39 is 0 Å². The molecule has 2 heterocycles. The van der Waals surface area contributed by atoms with Crippen molar-refractivity contribution in [2.45, 2.75) is 13.3 Å². The predicted molar refractivity (Wildman–Crippen MR) is 69.3 cm³/mol. The summed E-state index contributed by atoms with van der Waals surface area (Å²) in [5.41, 5.74) is 7.24. The highest BCUT2D eigenvalue weighted by Crippen LogP contribution is 2.21. The second-order valence-corrected chi connectivity index (χ2v) is 4.57. The number of nitrogens with one attached hydrogen (secondary N) is 1. The molecule has 17 heavy (non-hydrogen) atoms. The Balaban J connectivity index is 2.23. The number of carbonyl (C=O) groups is 1. The lowest BCUT2D eigenvalue weighted by Crippen LogP contribution is -2.15. The second kappa shape index (κ2) is 4.58. The molecule has 1 amide bonds. The first-order chi connectivity index (χ1) is 8.13. The van der Waals surface area contributed by atoms with Gasteiger partial charge in [0.1, 0.15) is 0 Å². The minimum absolute atomic E-state index is 0.132. The molecule has 0 aromatic carbocycles. The van der Waals surface area contributed by atoms with Crippen LogP contribution in [0.1, 0.15) is 22.2 Å². The molecular weight excluding hydrogens is 236 g/mol. The molecule has 90 valence electrons. The van der Waals surface area contributed by atoms with E-state index in [9.17, 15) is 4.79 Å². The average Bonchev–Trinajstić information content (AvgIpc) is 2.90. The fourth-order valence-electron chi connectivity index (χ4n) is 1.59. The number of thiophene rings is 1. The number of nitrogens with two attached hydrogens (primary N) is 1. The number of anilines is 2. The minimum atomic E-state index is -0.132. The normalized spacial score (nSPS) is 10.5. The van der Waals surface area contributed by atoms with Crippen molar-refractivity contribution >= 4 is 28.7 Å². The van der Waals surface area contributed by atoms with Crippen molar-refractivity contribution in [3.05, 3.63) is 28.1 Å². The van der Waals surface area contributed by atoms with Gasteiger partial charge in [-0.15, -0.1) is 11.3 Å². The van der Waals surface area contributed by atoms with E-state index in [2.05, 4.69) is 10.4 Å². The molecule has 6 heteroatoms. The number of amides is 1. The zero-order chi connectivity index (χ0) is 12.4. The quantitative estimate of drug-likeness (QED) is 0.873. The Labute approximate surface area is 103 Å². The van der Waals surface area contributed by atoms with Gasteiger partial charge in [0.25, 0.3) is 5.91 Å². The molecule has 0 saturated heterocycles. The summed E-state index contributed by atoms with van der Waals surface area (Å²) in [5.74, 6) is 0.401. The molecule has 0 bridgehead atoms. The molecular formula is C11H14N4OS. The first-order valence-electron chi connectivity index (χ1n) is 5.28. The van der Waals surface area contributed by atoms with Gasteiger partial charge in [0.15, 0.2) is 5.82 Å². The van der Waals surface area contributed by atoms with Crippen LogP contribution >= 0.6 is 11.3 Å². The maximum atomic E-state index is 12.1. The monoisotopic (exact) mass is 250 g/mol. The molecule has 0 aliphatic rings. The van der Waals surface area contributed by atoms with Gasteiger partial charge in [-0.2, -0.15) is 5.10 Å². The summed E-state index contributed by atoms with van der Waals surface area (Å²) in [7, 11) is 1.74. The summed E-state index contributed by atoms with van der Waals surface area (Å²) in [6.45, 7) is 2.03. The van der Waals surface area contributed by atoms with Crippen molar-refractivity contribution in [1.82, 2.24) is 9.78 Å². The highest BCUT2D eigenvalue weighted by molar-refractivity contribution is 7.12. The fraction of sp³-hybridized carbons (Fsp3) is 0.273. The number of hydrogen-bond donors (Lipinski definition) is 2. The Hall–Kier alpha value is -1.82. The van der Waals surface area contributed by atoms with E-state index >= 15 is 0 Å². The lowest BCUT2D eigenvalue weighted by atomic mass is 10.2. The predicted octanol–water partition coefficient (Wildman–Crippen LogP) is 1.88. The molecule has 2 aromatic rings. The highest BCUT2D eigenvalue weighted by atomic mass is 32.1.